The summed E-state index contributed by atoms with van der Waals surface area (Å²) in [6.07, 6.45) is 1.70. The molecular weight excluding hydrogens is 197 g/mol. The van der Waals surface area contributed by atoms with Crippen molar-refractivity contribution in [3.8, 4) is 5.75 Å². The predicted molar refractivity (Wildman–Crippen MR) is 50.1 cm³/mol. The van der Waals surface area contributed by atoms with Gasteiger partial charge in [0.2, 0.25) is 0 Å². The summed E-state index contributed by atoms with van der Waals surface area (Å²) in [7, 11) is 1.58. The number of aryl methyl sites for hydroxylation is 1. The van der Waals surface area contributed by atoms with Gasteiger partial charge in [0, 0.05) is 11.8 Å². The molecule has 1 aromatic rings. The zero-order valence-corrected chi connectivity index (χ0v) is 8.41. The molecule has 1 rings (SSSR count). The molecule has 0 N–H and O–H groups in total. The second kappa shape index (κ2) is 3.97. The van der Waals surface area contributed by atoms with Crippen LogP contribution in [-0.2, 0) is 5.88 Å². The molecule has 0 bridgehead atoms. The molecule has 0 fully saturated rings. The van der Waals surface area contributed by atoms with Gasteiger partial charge in [-0.3, -0.25) is 4.98 Å². The Labute approximate surface area is 81.5 Å². The first-order valence-corrected chi connectivity index (χ1v) is 4.36. The van der Waals surface area contributed by atoms with Crippen molar-refractivity contribution in [2.24, 2.45) is 0 Å². The molecule has 0 aliphatic heterocycles. The van der Waals surface area contributed by atoms with Gasteiger partial charge in [0.05, 0.1) is 18.7 Å². The van der Waals surface area contributed by atoms with Crippen LogP contribution in [0.1, 0.15) is 11.3 Å². The van der Waals surface area contributed by atoms with Crippen LogP contribution < -0.4 is 4.74 Å². The third-order valence-electron chi connectivity index (χ3n) is 1.56. The summed E-state index contributed by atoms with van der Waals surface area (Å²) in [6.45, 7) is 1.88. The van der Waals surface area contributed by atoms with Crippen LogP contribution in [0.4, 0.5) is 0 Å². The summed E-state index contributed by atoms with van der Waals surface area (Å²) >= 11 is 11.6. The lowest BCUT2D eigenvalue weighted by molar-refractivity contribution is 0.411. The molecule has 0 spiro atoms. The Kier molecular flexibility index (Phi) is 3.18. The zero-order valence-electron chi connectivity index (χ0n) is 6.90. The van der Waals surface area contributed by atoms with Crippen molar-refractivity contribution in [1.29, 1.82) is 0 Å². The molecule has 0 saturated heterocycles. The highest BCUT2D eigenvalue weighted by Gasteiger charge is 2.09. The maximum Gasteiger partial charge on any atom is 0.143 e. The van der Waals surface area contributed by atoms with Crippen molar-refractivity contribution in [2.45, 2.75) is 12.8 Å². The average Bonchev–Trinajstić information content (AvgIpc) is 2.06. The Hall–Kier alpha value is -0.470. The lowest BCUT2D eigenvalue weighted by Gasteiger charge is -2.08. The summed E-state index contributed by atoms with van der Waals surface area (Å²) in [5.41, 5.74) is 1.57. The lowest BCUT2D eigenvalue weighted by Crippen LogP contribution is -1.94. The van der Waals surface area contributed by atoms with E-state index in [2.05, 4.69) is 4.98 Å². The summed E-state index contributed by atoms with van der Waals surface area (Å²) in [6, 6.07) is 0. The average molecular weight is 206 g/mol. The number of hydrogen-bond donors (Lipinski definition) is 0. The zero-order chi connectivity index (χ0) is 9.14. The number of aromatic nitrogens is 1. The third-order valence-corrected chi connectivity index (χ3v) is 2.20. The quantitative estimate of drug-likeness (QED) is 0.694. The number of nitrogens with zero attached hydrogens (tertiary/aromatic N) is 1. The van der Waals surface area contributed by atoms with E-state index >= 15 is 0 Å². The molecule has 1 heterocycles. The minimum Gasteiger partial charge on any atom is -0.495 e. The fraction of sp³-hybridized carbons (Fsp3) is 0.375. The van der Waals surface area contributed by atoms with Crippen molar-refractivity contribution in [3.63, 3.8) is 0 Å². The van der Waals surface area contributed by atoms with Gasteiger partial charge in [-0.1, -0.05) is 11.6 Å². The number of rotatable bonds is 2. The first-order chi connectivity index (χ1) is 5.70. The third kappa shape index (κ3) is 1.65. The van der Waals surface area contributed by atoms with Crippen molar-refractivity contribution in [2.75, 3.05) is 7.11 Å². The lowest BCUT2D eigenvalue weighted by atomic mass is 10.2. The van der Waals surface area contributed by atoms with E-state index in [1.807, 2.05) is 6.92 Å². The van der Waals surface area contributed by atoms with E-state index in [0.717, 1.165) is 5.56 Å². The van der Waals surface area contributed by atoms with Crippen LogP contribution in [0.5, 0.6) is 5.75 Å². The van der Waals surface area contributed by atoms with Crippen molar-refractivity contribution in [3.05, 3.63) is 22.5 Å². The first-order valence-electron chi connectivity index (χ1n) is 3.44. The molecule has 0 aromatic carbocycles. The van der Waals surface area contributed by atoms with E-state index < -0.39 is 0 Å². The maximum atomic E-state index is 5.94. The number of alkyl halides is 1. The summed E-state index contributed by atoms with van der Waals surface area (Å²) in [5.74, 6) is 0.956. The molecule has 1 aromatic heterocycles. The van der Waals surface area contributed by atoms with Gasteiger partial charge in [-0.05, 0) is 6.92 Å². The van der Waals surface area contributed by atoms with Gasteiger partial charge >= 0.3 is 0 Å². The second-order valence-corrected chi connectivity index (χ2v) is 3.01. The fourth-order valence-corrected chi connectivity index (χ4v) is 1.55. The maximum absolute atomic E-state index is 5.94. The molecule has 66 valence electrons. The second-order valence-electron chi connectivity index (χ2n) is 2.37. The van der Waals surface area contributed by atoms with Crippen LogP contribution in [0.15, 0.2) is 6.20 Å². The van der Waals surface area contributed by atoms with E-state index in [-0.39, 0.29) is 0 Å². The van der Waals surface area contributed by atoms with Crippen molar-refractivity contribution < 1.29 is 4.74 Å². The molecule has 0 aliphatic carbocycles. The van der Waals surface area contributed by atoms with Crippen LogP contribution in [0.25, 0.3) is 0 Å². The van der Waals surface area contributed by atoms with Gasteiger partial charge in [-0.15, -0.1) is 11.6 Å². The number of ether oxygens (including phenoxy) is 1. The van der Waals surface area contributed by atoms with E-state index in [0.29, 0.717) is 22.3 Å². The summed E-state index contributed by atoms with van der Waals surface area (Å²) < 4.78 is 5.09. The first kappa shape index (κ1) is 9.62. The molecule has 0 unspecified atom stereocenters. The number of pyridine rings is 1. The predicted octanol–water partition coefficient (Wildman–Crippen LogP) is 2.79. The largest absolute Gasteiger partial charge is 0.495 e. The number of hydrogen-bond acceptors (Lipinski definition) is 2. The summed E-state index contributed by atoms with van der Waals surface area (Å²) in [4.78, 5) is 4.06. The fourth-order valence-electron chi connectivity index (χ4n) is 0.938. The standard InChI is InChI=1S/C8H9Cl2NO/c1-5-4-11-6(3-9)7(10)8(5)12-2/h4H,3H2,1-2H3. The van der Waals surface area contributed by atoms with Crippen molar-refractivity contribution in [1.82, 2.24) is 4.98 Å². The van der Waals surface area contributed by atoms with Crippen LogP contribution >= 0.6 is 23.2 Å². The highest BCUT2D eigenvalue weighted by molar-refractivity contribution is 6.33. The SMILES string of the molecule is COc1c(C)cnc(CCl)c1Cl. The minimum atomic E-state index is 0.301. The normalized spacial score (nSPS) is 10.0. The topological polar surface area (TPSA) is 22.1 Å². The molecular formula is C8H9Cl2NO. The van der Waals surface area contributed by atoms with Crippen LogP contribution in [0.3, 0.4) is 0 Å². The van der Waals surface area contributed by atoms with Gasteiger partial charge in [0.25, 0.3) is 0 Å². The van der Waals surface area contributed by atoms with Crippen LogP contribution in [0, 0.1) is 6.92 Å². The van der Waals surface area contributed by atoms with E-state index in [4.69, 9.17) is 27.9 Å². The molecule has 0 atom stereocenters. The number of methoxy groups -OCH3 is 1. The highest BCUT2D eigenvalue weighted by atomic mass is 35.5. The summed E-state index contributed by atoms with van der Waals surface area (Å²) in [5, 5.41) is 0.507. The molecule has 4 heteroatoms. The van der Waals surface area contributed by atoms with Gasteiger partial charge in [-0.2, -0.15) is 0 Å². The number of halogens is 2. The van der Waals surface area contributed by atoms with Gasteiger partial charge in [-0.25, -0.2) is 0 Å². The van der Waals surface area contributed by atoms with E-state index in [9.17, 15) is 0 Å². The highest BCUT2D eigenvalue weighted by Crippen LogP contribution is 2.30. The van der Waals surface area contributed by atoms with Crippen molar-refractivity contribution >= 4 is 23.2 Å². The van der Waals surface area contributed by atoms with Gasteiger partial charge in [0.15, 0.2) is 0 Å². The molecule has 0 aliphatic rings. The Morgan fingerprint density at radius 2 is 2.25 bits per heavy atom. The Balaban J connectivity index is 3.24. The Bertz CT molecular complexity index is 289. The molecule has 0 radical (unpaired) electrons. The van der Waals surface area contributed by atoms with E-state index in [1.165, 1.54) is 0 Å². The monoisotopic (exact) mass is 205 g/mol. The van der Waals surface area contributed by atoms with Gasteiger partial charge in [0.1, 0.15) is 10.8 Å². The molecule has 0 saturated carbocycles. The van der Waals surface area contributed by atoms with Crippen LogP contribution in [-0.4, -0.2) is 12.1 Å². The van der Waals surface area contributed by atoms with E-state index in [1.54, 1.807) is 13.3 Å². The van der Waals surface area contributed by atoms with Gasteiger partial charge < -0.3 is 4.74 Å². The van der Waals surface area contributed by atoms with Crippen LogP contribution in [0.2, 0.25) is 5.02 Å². The molecule has 0 amide bonds. The Morgan fingerprint density at radius 3 is 2.75 bits per heavy atom. The molecule has 12 heavy (non-hydrogen) atoms. The minimum absolute atomic E-state index is 0.301. The molecule has 2 nitrogen and oxygen atoms in total. The smallest absolute Gasteiger partial charge is 0.143 e. The Morgan fingerprint density at radius 1 is 1.58 bits per heavy atom.